The zero-order valence-electron chi connectivity index (χ0n) is 9.40. The predicted molar refractivity (Wildman–Crippen MR) is 59.6 cm³/mol. The molecule has 0 spiro atoms. The predicted octanol–water partition coefficient (Wildman–Crippen LogP) is 2.09. The standard InChI is InChI=1S/C12H15FN2O/c1-9(2)15-11(7-14)8-16-12-5-3-4-10(13)6-12/h3-6,9,11,15H,8H2,1-2H3. The van der Waals surface area contributed by atoms with E-state index in [2.05, 4.69) is 11.4 Å². The third-order valence-electron chi connectivity index (χ3n) is 1.90. The molecule has 1 N–H and O–H groups in total. The fourth-order valence-corrected chi connectivity index (χ4v) is 1.26. The molecule has 16 heavy (non-hydrogen) atoms. The van der Waals surface area contributed by atoms with Crippen molar-refractivity contribution in [2.75, 3.05) is 6.61 Å². The summed E-state index contributed by atoms with van der Waals surface area (Å²) in [4.78, 5) is 0. The van der Waals surface area contributed by atoms with Crippen molar-refractivity contribution in [1.82, 2.24) is 5.32 Å². The fraction of sp³-hybridized carbons (Fsp3) is 0.417. The van der Waals surface area contributed by atoms with E-state index in [1.165, 1.54) is 12.1 Å². The highest BCUT2D eigenvalue weighted by Gasteiger charge is 2.09. The molecule has 1 unspecified atom stereocenters. The number of halogens is 1. The molecule has 0 fully saturated rings. The van der Waals surface area contributed by atoms with Gasteiger partial charge in [-0.05, 0) is 26.0 Å². The Morgan fingerprint density at radius 3 is 2.81 bits per heavy atom. The smallest absolute Gasteiger partial charge is 0.130 e. The topological polar surface area (TPSA) is 45.0 Å². The van der Waals surface area contributed by atoms with E-state index in [-0.39, 0.29) is 24.5 Å². The first-order chi connectivity index (χ1) is 7.61. The van der Waals surface area contributed by atoms with Crippen molar-refractivity contribution < 1.29 is 9.13 Å². The summed E-state index contributed by atoms with van der Waals surface area (Å²) in [7, 11) is 0. The Morgan fingerprint density at radius 2 is 2.25 bits per heavy atom. The van der Waals surface area contributed by atoms with E-state index in [1.54, 1.807) is 12.1 Å². The number of hydrogen-bond acceptors (Lipinski definition) is 3. The second kappa shape index (κ2) is 6.09. The lowest BCUT2D eigenvalue weighted by atomic mass is 10.3. The molecule has 1 aromatic carbocycles. The summed E-state index contributed by atoms with van der Waals surface area (Å²) in [6.07, 6.45) is 0. The van der Waals surface area contributed by atoms with Gasteiger partial charge in [0, 0.05) is 12.1 Å². The van der Waals surface area contributed by atoms with Gasteiger partial charge in [0.2, 0.25) is 0 Å². The van der Waals surface area contributed by atoms with Crippen LogP contribution in [0, 0.1) is 17.1 Å². The largest absolute Gasteiger partial charge is 0.491 e. The van der Waals surface area contributed by atoms with Crippen molar-refractivity contribution in [3.05, 3.63) is 30.1 Å². The molecule has 1 aromatic rings. The van der Waals surface area contributed by atoms with E-state index in [9.17, 15) is 4.39 Å². The van der Waals surface area contributed by atoms with Crippen LogP contribution in [0.15, 0.2) is 24.3 Å². The van der Waals surface area contributed by atoms with Gasteiger partial charge in [-0.15, -0.1) is 0 Å². The van der Waals surface area contributed by atoms with E-state index in [1.807, 2.05) is 13.8 Å². The molecule has 1 rings (SSSR count). The lowest BCUT2D eigenvalue weighted by Gasteiger charge is -2.15. The second-order valence-electron chi connectivity index (χ2n) is 3.77. The van der Waals surface area contributed by atoms with Crippen LogP contribution in [0.4, 0.5) is 4.39 Å². The summed E-state index contributed by atoms with van der Waals surface area (Å²) in [5.41, 5.74) is 0. The Balaban J connectivity index is 2.47. The molecular weight excluding hydrogens is 207 g/mol. The first-order valence-electron chi connectivity index (χ1n) is 5.16. The highest BCUT2D eigenvalue weighted by Crippen LogP contribution is 2.11. The number of ether oxygens (including phenoxy) is 1. The zero-order chi connectivity index (χ0) is 12.0. The summed E-state index contributed by atoms with van der Waals surface area (Å²) < 4.78 is 18.1. The normalized spacial score (nSPS) is 12.2. The van der Waals surface area contributed by atoms with Crippen molar-refractivity contribution in [3.63, 3.8) is 0 Å². The molecule has 0 amide bonds. The van der Waals surface area contributed by atoms with E-state index >= 15 is 0 Å². The van der Waals surface area contributed by atoms with Gasteiger partial charge in [-0.2, -0.15) is 5.26 Å². The van der Waals surface area contributed by atoms with Crippen LogP contribution in [-0.2, 0) is 0 Å². The van der Waals surface area contributed by atoms with E-state index in [0.29, 0.717) is 5.75 Å². The van der Waals surface area contributed by atoms with Crippen LogP contribution in [-0.4, -0.2) is 18.7 Å². The Kier molecular flexibility index (Phi) is 4.74. The molecule has 0 radical (unpaired) electrons. The van der Waals surface area contributed by atoms with Gasteiger partial charge in [0.25, 0.3) is 0 Å². The van der Waals surface area contributed by atoms with Crippen molar-refractivity contribution >= 4 is 0 Å². The Morgan fingerprint density at radius 1 is 1.50 bits per heavy atom. The van der Waals surface area contributed by atoms with Crippen molar-refractivity contribution in [2.45, 2.75) is 25.9 Å². The average molecular weight is 222 g/mol. The quantitative estimate of drug-likeness (QED) is 0.829. The van der Waals surface area contributed by atoms with Crippen LogP contribution in [0.2, 0.25) is 0 Å². The van der Waals surface area contributed by atoms with Crippen LogP contribution in [0.1, 0.15) is 13.8 Å². The number of benzene rings is 1. The van der Waals surface area contributed by atoms with Gasteiger partial charge in [-0.3, -0.25) is 5.32 Å². The molecule has 86 valence electrons. The van der Waals surface area contributed by atoms with Crippen molar-refractivity contribution in [1.29, 1.82) is 5.26 Å². The molecule has 3 nitrogen and oxygen atoms in total. The Bertz CT molecular complexity index is 374. The summed E-state index contributed by atoms with van der Waals surface area (Å²) >= 11 is 0. The molecule has 0 aliphatic heterocycles. The lowest BCUT2D eigenvalue weighted by molar-refractivity contribution is 0.281. The minimum Gasteiger partial charge on any atom is -0.491 e. The van der Waals surface area contributed by atoms with Crippen LogP contribution in [0.25, 0.3) is 0 Å². The van der Waals surface area contributed by atoms with Crippen LogP contribution in [0.3, 0.4) is 0 Å². The summed E-state index contributed by atoms with van der Waals surface area (Å²) in [5, 5.41) is 11.9. The summed E-state index contributed by atoms with van der Waals surface area (Å²) in [6.45, 7) is 4.11. The second-order valence-corrected chi connectivity index (χ2v) is 3.77. The van der Waals surface area contributed by atoms with Crippen LogP contribution < -0.4 is 10.1 Å². The molecule has 1 atom stereocenters. The third-order valence-corrected chi connectivity index (χ3v) is 1.90. The number of rotatable bonds is 5. The maximum absolute atomic E-state index is 12.8. The van der Waals surface area contributed by atoms with E-state index in [4.69, 9.17) is 10.00 Å². The Hall–Kier alpha value is -1.60. The van der Waals surface area contributed by atoms with Gasteiger partial charge >= 0.3 is 0 Å². The molecule has 4 heteroatoms. The third kappa shape index (κ3) is 4.28. The highest BCUT2D eigenvalue weighted by atomic mass is 19.1. The molecule has 0 saturated carbocycles. The summed E-state index contributed by atoms with van der Waals surface area (Å²) in [6, 6.07) is 7.79. The number of nitrogens with zero attached hydrogens (tertiary/aromatic N) is 1. The van der Waals surface area contributed by atoms with Gasteiger partial charge in [0.15, 0.2) is 0 Å². The van der Waals surface area contributed by atoms with E-state index < -0.39 is 0 Å². The molecule has 0 aromatic heterocycles. The first-order valence-corrected chi connectivity index (χ1v) is 5.16. The monoisotopic (exact) mass is 222 g/mol. The minimum atomic E-state index is -0.386. The van der Waals surface area contributed by atoms with Gasteiger partial charge in [-0.25, -0.2) is 4.39 Å². The Labute approximate surface area is 94.8 Å². The van der Waals surface area contributed by atoms with Crippen molar-refractivity contribution in [2.24, 2.45) is 0 Å². The fourth-order valence-electron chi connectivity index (χ4n) is 1.26. The molecule has 0 aliphatic carbocycles. The maximum atomic E-state index is 12.8. The number of nitriles is 1. The number of hydrogen-bond donors (Lipinski definition) is 1. The van der Waals surface area contributed by atoms with Crippen LogP contribution in [0.5, 0.6) is 5.75 Å². The molecule has 0 saturated heterocycles. The van der Waals surface area contributed by atoms with Gasteiger partial charge < -0.3 is 4.74 Å². The van der Waals surface area contributed by atoms with Crippen LogP contribution >= 0.6 is 0 Å². The molecule has 0 aliphatic rings. The molecule has 0 bridgehead atoms. The van der Waals surface area contributed by atoms with Crippen molar-refractivity contribution in [3.8, 4) is 11.8 Å². The average Bonchev–Trinajstić information content (AvgIpc) is 2.24. The SMILES string of the molecule is CC(C)NC(C#N)COc1cccc(F)c1. The van der Waals surface area contributed by atoms with Gasteiger partial charge in [0.05, 0.1) is 6.07 Å². The highest BCUT2D eigenvalue weighted by molar-refractivity contribution is 5.22. The molecule has 0 heterocycles. The number of nitrogens with one attached hydrogen (secondary N) is 1. The lowest BCUT2D eigenvalue weighted by Crippen LogP contribution is -2.37. The minimum absolute atomic E-state index is 0.206. The van der Waals surface area contributed by atoms with E-state index in [0.717, 1.165) is 0 Å². The van der Waals surface area contributed by atoms with Gasteiger partial charge in [0.1, 0.15) is 24.2 Å². The summed E-state index contributed by atoms with van der Waals surface area (Å²) in [5.74, 6) is 0.0913. The first kappa shape index (κ1) is 12.5. The van der Waals surface area contributed by atoms with Gasteiger partial charge in [-0.1, -0.05) is 6.07 Å². The molecular formula is C12H15FN2O. The zero-order valence-corrected chi connectivity index (χ0v) is 9.40. The maximum Gasteiger partial charge on any atom is 0.130 e.